The van der Waals surface area contributed by atoms with Crippen molar-refractivity contribution in [2.45, 2.75) is 44.8 Å². The van der Waals surface area contributed by atoms with E-state index in [0.717, 1.165) is 72.5 Å². The van der Waals surface area contributed by atoms with Gasteiger partial charge in [-0.3, -0.25) is 14.8 Å². The highest BCUT2D eigenvalue weighted by Gasteiger charge is 2.31. The zero-order valence-corrected chi connectivity index (χ0v) is 21.8. The lowest BCUT2D eigenvalue weighted by atomic mass is 10.1. The van der Waals surface area contributed by atoms with Crippen molar-refractivity contribution in [2.24, 2.45) is 0 Å². The number of hydrazine groups is 1. The predicted molar refractivity (Wildman–Crippen MR) is 142 cm³/mol. The van der Waals surface area contributed by atoms with Crippen molar-refractivity contribution in [1.82, 2.24) is 24.9 Å². The molecule has 3 fully saturated rings. The SMILES string of the molecule is Cc1cc(N(c2ncnc3cnccc23)N2CCOCC2)ccc1OC1CCN(C(=O)C2CCCO2)CC1. The molecule has 0 N–H and O–H groups in total. The summed E-state index contributed by atoms with van der Waals surface area (Å²) in [5, 5.41) is 5.37. The third-order valence-electron chi connectivity index (χ3n) is 7.54. The number of hydrogen-bond acceptors (Lipinski definition) is 9. The van der Waals surface area contributed by atoms with E-state index in [9.17, 15) is 4.79 Å². The lowest BCUT2D eigenvalue weighted by molar-refractivity contribution is -0.142. The number of nitrogens with zero attached hydrogens (tertiary/aromatic N) is 6. The van der Waals surface area contributed by atoms with Crippen LogP contribution in [0.3, 0.4) is 0 Å². The van der Waals surface area contributed by atoms with Crippen molar-refractivity contribution >= 4 is 28.3 Å². The summed E-state index contributed by atoms with van der Waals surface area (Å²) in [5.41, 5.74) is 2.86. The second kappa shape index (κ2) is 11.2. The highest BCUT2D eigenvalue weighted by atomic mass is 16.5. The first-order valence-corrected chi connectivity index (χ1v) is 13.5. The van der Waals surface area contributed by atoms with Crippen LogP contribution in [0, 0.1) is 6.92 Å². The molecule has 3 aliphatic rings. The zero-order chi connectivity index (χ0) is 25.9. The molecule has 1 unspecified atom stereocenters. The number of rotatable bonds is 6. The number of benzene rings is 1. The van der Waals surface area contributed by atoms with E-state index in [2.05, 4.69) is 44.0 Å². The number of pyridine rings is 1. The summed E-state index contributed by atoms with van der Waals surface area (Å²) in [4.78, 5) is 27.9. The van der Waals surface area contributed by atoms with Crippen LogP contribution >= 0.6 is 0 Å². The van der Waals surface area contributed by atoms with Crippen LogP contribution in [0.2, 0.25) is 0 Å². The smallest absolute Gasteiger partial charge is 0.251 e. The number of amides is 1. The Hall–Kier alpha value is -3.34. The second-order valence-electron chi connectivity index (χ2n) is 10.1. The highest BCUT2D eigenvalue weighted by Crippen LogP contribution is 2.34. The number of hydrogen-bond donors (Lipinski definition) is 0. The molecule has 0 spiro atoms. The Balaban J connectivity index is 1.19. The van der Waals surface area contributed by atoms with E-state index < -0.39 is 0 Å². The van der Waals surface area contributed by atoms with Gasteiger partial charge in [-0.1, -0.05) is 0 Å². The number of piperidine rings is 1. The van der Waals surface area contributed by atoms with E-state index in [1.54, 1.807) is 18.7 Å². The van der Waals surface area contributed by atoms with E-state index in [1.165, 1.54) is 0 Å². The van der Waals surface area contributed by atoms with Crippen molar-refractivity contribution in [3.8, 4) is 5.75 Å². The summed E-state index contributed by atoms with van der Waals surface area (Å²) in [7, 11) is 0. The van der Waals surface area contributed by atoms with Gasteiger partial charge in [0.05, 0.1) is 30.6 Å². The Bertz CT molecular complexity index is 1260. The van der Waals surface area contributed by atoms with Gasteiger partial charge >= 0.3 is 0 Å². The normalized spacial score (nSPS) is 21.1. The first kappa shape index (κ1) is 25.0. The van der Waals surface area contributed by atoms with Crippen LogP contribution in [-0.4, -0.2) is 89.0 Å². The van der Waals surface area contributed by atoms with Gasteiger partial charge in [0.2, 0.25) is 0 Å². The van der Waals surface area contributed by atoms with Crippen LogP contribution in [0.4, 0.5) is 11.5 Å². The average Bonchev–Trinajstić information content (AvgIpc) is 3.51. The predicted octanol–water partition coefficient (Wildman–Crippen LogP) is 3.27. The van der Waals surface area contributed by atoms with Crippen LogP contribution in [0.15, 0.2) is 43.0 Å². The molecular formula is C28H34N6O4. The first-order chi connectivity index (χ1) is 18.7. The number of ether oxygens (including phenoxy) is 3. The maximum absolute atomic E-state index is 12.7. The van der Waals surface area contributed by atoms with Crippen molar-refractivity contribution < 1.29 is 19.0 Å². The molecule has 10 nitrogen and oxygen atoms in total. The van der Waals surface area contributed by atoms with Crippen molar-refractivity contribution in [3.63, 3.8) is 0 Å². The van der Waals surface area contributed by atoms with Crippen LogP contribution < -0.4 is 9.75 Å². The molecule has 10 heteroatoms. The van der Waals surface area contributed by atoms with Gasteiger partial charge in [-0.25, -0.2) is 15.0 Å². The van der Waals surface area contributed by atoms with E-state index in [0.29, 0.717) is 32.9 Å². The molecule has 1 aromatic carbocycles. The number of fused-ring (bicyclic) bond motifs is 1. The summed E-state index contributed by atoms with van der Waals surface area (Å²) >= 11 is 0. The lowest BCUT2D eigenvalue weighted by Gasteiger charge is -2.38. The molecule has 3 saturated heterocycles. The van der Waals surface area contributed by atoms with Crippen molar-refractivity contribution in [1.29, 1.82) is 0 Å². The number of carbonyl (C=O) groups excluding carboxylic acids is 1. The summed E-state index contributed by atoms with van der Waals surface area (Å²) < 4.78 is 17.7. The molecule has 3 aliphatic heterocycles. The zero-order valence-electron chi connectivity index (χ0n) is 21.8. The van der Waals surface area contributed by atoms with Gasteiger partial charge in [-0.2, -0.15) is 0 Å². The molecule has 6 rings (SSSR count). The third kappa shape index (κ3) is 5.16. The van der Waals surface area contributed by atoms with Gasteiger partial charge in [0.1, 0.15) is 24.3 Å². The largest absolute Gasteiger partial charge is 0.490 e. The molecule has 1 amide bonds. The fraction of sp³-hybridized carbons (Fsp3) is 0.500. The fourth-order valence-electron chi connectivity index (χ4n) is 5.48. The van der Waals surface area contributed by atoms with E-state index in [-0.39, 0.29) is 18.1 Å². The van der Waals surface area contributed by atoms with Crippen LogP contribution in [-0.2, 0) is 14.3 Å². The van der Waals surface area contributed by atoms with E-state index in [1.807, 2.05) is 17.0 Å². The molecule has 200 valence electrons. The van der Waals surface area contributed by atoms with E-state index in [4.69, 9.17) is 14.2 Å². The highest BCUT2D eigenvalue weighted by molar-refractivity contribution is 5.90. The summed E-state index contributed by atoms with van der Waals surface area (Å²) in [6.07, 6.45) is 8.41. The standard InChI is InChI=1S/C28H34N6O4/c1-20-17-21(4-5-25(20)38-22-7-10-32(11-8-22)28(35)26-3-2-14-37-26)34(33-12-15-36-16-13-33)27-23-6-9-29-18-24(23)30-19-31-27/h4-6,9,17-19,22,26H,2-3,7-8,10-16H2,1H3. The number of morpholine rings is 1. The number of aromatic nitrogens is 3. The lowest BCUT2D eigenvalue weighted by Crippen LogP contribution is -2.47. The minimum Gasteiger partial charge on any atom is -0.490 e. The van der Waals surface area contributed by atoms with Gasteiger partial charge < -0.3 is 19.1 Å². The Kier molecular flexibility index (Phi) is 7.35. The molecule has 0 saturated carbocycles. The Morgan fingerprint density at radius 1 is 1.05 bits per heavy atom. The molecule has 5 heterocycles. The Morgan fingerprint density at radius 2 is 1.89 bits per heavy atom. The quantitative estimate of drug-likeness (QED) is 0.487. The van der Waals surface area contributed by atoms with Gasteiger partial charge in [-0.15, -0.1) is 0 Å². The number of aryl methyl sites for hydroxylation is 1. The first-order valence-electron chi connectivity index (χ1n) is 13.5. The van der Waals surface area contributed by atoms with Gasteiger partial charge in [0.15, 0.2) is 5.82 Å². The van der Waals surface area contributed by atoms with Crippen molar-refractivity contribution in [2.75, 3.05) is 51.0 Å². The molecule has 0 aliphatic carbocycles. The van der Waals surface area contributed by atoms with Crippen LogP contribution in [0.5, 0.6) is 5.75 Å². The molecule has 1 atom stereocenters. The van der Waals surface area contributed by atoms with E-state index >= 15 is 0 Å². The molecular weight excluding hydrogens is 484 g/mol. The van der Waals surface area contributed by atoms with Gasteiger partial charge in [-0.05, 0) is 49.6 Å². The third-order valence-corrected chi connectivity index (χ3v) is 7.54. The number of likely N-dealkylation sites (tertiary alicyclic amines) is 1. The molecule has 2 aromatic heterocycles. The topological polar surface area (TPSA) is 93.2 Å². The van der Waals surface area contributed by atoms with Crippen LogP contribution in [0.25, 0.3) is 10.9 Å². The molecule has 0 bridgehead atoms. The molecule has 3 aromatic rings. The average molecular weight is 519 g/mol. The summed E-state index contributed by atoms with van der Waals surface area (Å²) in [5.74, 6) is 1.82. The summed E-state index contributed by atoms with van der Waals surface area (Å²) in [6.45, 7) is 7.04. The molecule has 38 heavy (non-hydrogen) atoms. The minimum atomic E-state index is -0.250. The second-order valence-corrected chi connectivity index (χ2v) is 10.1. The van der Waals surface area contributed by atoms with Gasteiger partial charge in [0, 0.05) is 57.2 Å². The number of carbonyl (C=O) groups is 1. The minimum absolute atomic E-state index is 0.0850. The number of anilines is 2. The Morgan fingerprint density at radius 3 is 2.66 bits per heavy atom. The van der Waals surface area contributed by atoms with Crippen LogP contribution in [0.1, 0.15) is 31.2 Å². The fourth-order valence-corrected chi connectivity index (χ4v) is 5.48. The summed E-state index contributed by atoms with van der Waals surface area (Å²) in [6, 6.07) is 8.24. The van der Waals surface area contributed by atoms with Crippen molar-refractivity contribution in [3.05, 3.63) is 48.5 Å². The maximum Gasteiger partial charge on any atom is 0.251 e. The monoisotopic (exact) mass is 518 g/mol. The molecule has 0 radical (unpaired) electrons. The maximum atomic E-state index is 12.7. The van der Waals surface area contributed by atoms with Gasteiger partial charge in [0.25, 0.3) is 5.91 Å². The Labute approximate surface area is 222 Å².